The molecule has 0 fully saturated rings. The summed E-state index contributed by atoms with van der Waals surface area (Å²) in [5.74, 6) is 0. The van der Waals surface area contributed by atoms with Gasteiger partial charge in [-0.25, -0.2) is 18.6 Å². The van der Waals surface area contributed by atoms with Crippen molar-refractivity contribution in [3.8, 4) is 0 Å². The molecule has 1 heteroatoms. The minimum absolute atomic E-state index is 0. The maximum Gasteiger partial charge on any atom is 2.00 e. The summed E-state index contributed by atoms with van der Waals surface area (Å²) in [4.78, 5) is 0. The van der Waals surface area contributed by atoms with Crippen molar-refractivity contribution in [2.45, 2.75) is 13.8 Å². The zero-order chi connectivity index (χ0) is 4.28. The monoisotopic (exact) mass is 187 g/mol. The topological polar surface area (TPSA) is 0 Å². The SMILES string of the molecule is [CH2-]/C(C)=C\C.[CH3-].[Rh+2]. The third-order valence-electron chi connectivity index (χ3n) is 0.493. The second-order valence-electron chi connectivity index (χ2n) is 1.14. The molecule has 0 unspecified atom stereocenters. The molecule has 7 heavy (non-hydrogen) atoms. The quantitative estimate of drug-likeness (QED) is 0.403. The molecule has 0 aliphatic heterocycles. The van der Waals surface area contributed by atoms with Crippen molar-refractivity contribution in [1.82, 2.24) is 0 Å². The molecule has 0 amide bonds. The molecular formula is C6H12Rh. The van der Waals surface area contributed by atoms with E-state index in [4.69, 9.17) is 0 Å². The minimum Gasteiger partial charge on any atom is -0.358 e. The molecule has 0 nitrogen and oxygen atoms in total. The zero-order valence-corrected chi connectivity index (χ0v) is 6.76. The van der Waals surface area contributed by atoms with E-state index in [9.17, 15) is 0 Å². The van der Waals surface area contributed by atoms with Gasteiger partial charge in [-0.3, -0.25) is 0 Å². The van der Waals surface area contributed by atoms with Gasteiger partial charge in [-0.2, -0.15) is 0 Å². The van der Waals surface area contributed by atoms with E-state index in [1.54, 1.807) is 0 Å². The molecule has 0 aliphatic rings. The summed E-state index contributed by atoms with van der Waals surface area (Å²) < 4.78 is 0. The van der Waals surface area contributed by atoms with E-state index in [0.29, 0.717) is 0 Å². The average Bonchev–Trinajstić information content (AvgIpc) is 1.38. The molecule has 1 radical (unpaired) electrons. The number of allylic oxidation sites excluding steroid dienone is 2. The van der Waals surface area contributed by atoms with Gasteiger partial charge in [-0.1, -0.05) is 6.92 Å². The average molecular weight is 187 g/mol. The molecule has 0 heterocycles. The van der Waals surface area contributed by atoms with Crippen molar-refractivity contribution in [3.05, 3.63) is 26.0 Å². The molecular weight excluding hydrogens is 175 g/mol. The Bertz CT molecular complexity index is 42.1. The van der Waals surface area contributed by atoms with Gasteiger partial charge in [0.1, 0.15) is 0 Å². The molecule has 0 saturated heterocycles. The molecule has 0 N–H and O–H groups in total. The molecule has 0 spiro atoms. The van der Waals surface area contributed by atoms with Gasteiger partial charge in [0.05, 0.1) is 0 Å². The summed E-state index contributed by atoms with van der Waals surface area (Å²) in [5, 5.41) is 0. The first kappa shape index (κ1) is 15.7. The Labute approximate surface area is 59.8 Å². The fourth-order valence-corrected chi connectivity index (χ4v) is 0. The van der Waals surface area contributed by atoms with Crippen LogP contribution in [0.2, 0.25) is 0 Å². The second-order valence-corrected chi connectivity index (χ2v) is 1.14. The largest absolute Gasteiger partial charge is 2.00 e. The van der Waals surface area contributed by atoms with Crippen LogP contribution in [0, 0.1) is 14.4 Å². The maximum atomic E-state index is 3.62. The van der Waals surface area contributed by atoms with Crippen LogP contribution < -0.4 is 0 Å². The van der Waals surface area contributed by atoms with Crippen molar-refractivity contribution < 1.29 is 19.5 Å². The van der Waals surface area contributed by atoms with Crippen LogP contribution in [0.1, 0.15) is 13.8 Å². The van der Waals surface area contributed by atoms with Gasteiger partial charge in [-0.05, 0) is 0 Å². The minimum atomic E-state index is 0. The molecule has 0 aromatic carbocycles. The zero-order valence-electron chi connectivity index (χ0n) is 5.12. The van der Waals surface area contributed by atoms with Gasteiger partial charge < -0.3 is 7.43 Å². The fraction of sp³-hybridized carbons (Fsp3) is 0.333. The molecule has 0 saturated carbocycles. The van der Waals surface area contributed by atoms with E-state index >= 15 is 0 Å². The molecule has 0 aromatic heterocycles. The van der Waals surface area contributed by atoms with Crippen molar-refractivity contribution in [1.29, 1.82) is 0 Å². The van der Waals surface area contributed by atoms with Crippen LogP contribution >= 0.6 is 0 Å². The normalized spacial score (nSPS) is 8.57. The standard InChI is InChI=1S/C5H9.CH3.Rh/c1-4-5(2)3;;/h4H,2H2,1,3H3;1H3;/q2*-1;+2/b5-4+;;. The van der Waals surface area contributed by atoms with Gasteiger partial charge in [0.2, 0.25) is 0 Å². The van der Waals surface area contributed by atoms with Crippen molar-refractivity contribution in [2.75, 3.05) is 0 Å². The second kappa shape index (κ2) is 9.53. The summed E-state index contributed by atoms with van der Waals surface area (Å²) in [6.45, 7) is 7.56. The molecule has 0 aromatic rings. The summed E-state index contributed by atoms with van der Waals surface area (Å²) in [6, 6.07) is 0. The van der Waals surface area contributed by atoms with Crippen LogP contribution in [0.3, 0.4) is 0 Å². The predicted molar refractivity (Wildman–Crippen MR) is 31.2 cm³/mol. The van der Waals surface area contributed by atoms with Crippen LogP contribution in [0.4, 0.5) is 0 Å². The number of hydrogen-bond donors (Lipinski definition) is 0. The Hall–Kier alpha value is 0.233. The Morgan fingerprint density at radius 2 is 1.71 bits per heavy atom. The van der Waals surface area contributed by atoms with E-state index in [0.717, 1.165) is 5.57 Å². The van der Waals surface area contributed by atoms with Gasteiger partial charge in [0.25, 0.3) is 0 Å². The molecule has 0 rings (SSSR count). The van der Waals surface area contributed by atoms with Gasteiger partial charge in [0, 0.05) is 0 Å². The Balaban J connectivity index is -0.0000000800. The third kappa shape index (κ3) is 22.4. The van der Waals surface area contributed by atoms with Gasteiger partial charge >= 0.3 is 19.5 Å². The third-order valence-corrected chi connectivity index (χ3v) is 0.493. The Kier molecular flexibility index (Phi) is 21.3. The van der Waals surface area contributed by atoms with Crippen LogP contribution in [0.5, 0.6) is 0 Å². The van der Waals surface area contributed by atoms with Crippen LogP contribution in [-0.2, 0) is 19.5 Å². The Morgan fingerprint density at radius 1 is 1.57 bits per heavy atom. The van der Waals surface area contributed by atoms with Crippen molar-refractivity contribution in [2.24, 2.45) is 0 Å². The maximum absolute atomic E-state index is 3.62. The van der Waals surface area contributed by atoms with E-state index in [1.807, 2.05) is 19.9 Å². The predicted octanol–water partition coefficient (Wildman–Crippen LogP) is 2.23. The van der Waals surface area contributed by atoms with Crippen molar-refractivity contribution >= 4 is 0 Å². The summed E-state index contributed by atoms with van der Waals surface area (Å²) >= 11 is 0. The van der Waals surface area contributed by atoms with E-state index in [-0.39, 0.29) is 26.9 Å². The van der Waals surface area contributed by atoms with E-state index in [1.165, 1.54) is 0 Å². The molecule has 0 bridgehead atoms. The summed E-state index contributed by atoms with van der Waals surface area (Å²) in [7, 11) is 0. The van der Waals surface area contributed by atoms with E-state index < -0.39 is 0 Å². The van der Waals surface area contributed by atoms with Gasteiger partial charge in [0.15, 0.2) is 0 Å². The summed E-state index contributed by atoms with van der Waals surface area (Å²) in [6.07, 6.45) is 1.97. The van der Waals surface area contributed by atoms with Crippen LogP contribution in [0.25, 0.3) is 0 Å². The summed E-state index contributed by atoms with van der Waals surface area (Å²) in [5.41, 5.74) is 1.13. The molecule has 0 aliphatic carbocycles. The van der Waals surface area contributed by atoms with E-state index in [2.05, 4.69) is 6.92 Å². The van der Waals surface area contributed by atoms with Crippen molar-refractivity contribution in [3.63, 3.8) is 0 Å². The molecule has 45 valence electrons. The van der Waals surface area contributed by atoms with Gasteiger partial charge in [-0.15, -0.1) is 6.92 Å². The number of rotatable bonds is 0. The smallest absolute Gasteiger partial charge is 0.358 e. The molecule has 0 atom stereocenters. The fourth-order valence-electron chi connectivity index (χ4n) is 0. The Morgan fingerprint density at radius 3 is 1.71 bits per heavy atom. The number of hydrogen-bond acceptors (Lipinski definition) is 0. The first-order valence-corrected chi connectivity index (χ1v) is 1.72. The van der Waals surface area contributed by atoms with Crippen LogP contribution in [0.15, 0.2) is 11.6 Å². The first-order chi connectivity index (χ1) is 2.27. The first-order valence-electron chi connectivity index (χ1n) is 1.72. The van der Waals surface area contributed by atoms with Crippen LogP contribution in [-0.4, -0.2) is 0 Å².